The summed E-state index contributed by atoms with van der Waals surface area (Å²) in [6.07, 6.45) is 3.23. The molecule has 2 N–H and O–H groups in total. The van der Waals surface area contributed by atoms with E-state index in [2.05, 4.69) is 32.9 Å². The summed E-state index contributed by atoms with van der Waals surface area (Å²) in [7, 11) is 0. The third-order valence-corrected chi connectivity index (χ3v) is 2.44. The molecular formula is C15H18N2. The summed E-state index contributed by atoms with van der Waals surface area (Å²) in [6, 6.07) is 12.0. The van der Waals surface area contributed by atoms with Crippen molar-refractivity contribution < 1.29 is 0 Å². The van der Waals surface area contributed by atoms with E-state index in [1.54, 1.807) is 0 Å². The SMILES string of the molecule is CC(C)(C)/C(=C/C(N)=C\C#N)c1ccccc1. The zero-order valence-electron chi connectivity index (χ0n) is 10.6. The first-order chi connectivity index (χ1) is 7.95. The Hall–Kier alpha value is -2.01. The van der Waals surface area contributed by atoms with Gasteiger partial charge in [-0.1, -0.05) is 51.1 Å². The Balaban J connectivity index is 3.25. The molecule has 0 heterocycles. The van der Waals surface area contributed by atoms with Crippen LogP contribution in [0.15, 0.2) is 48.2 Å². The molecule has 0 bridgehead atoms. The van der Waals surface area contributed by atoms with Crippen molar-refractivity contribution >= 4 is 5.57 Å². The van der Waals surface area contributed by atoms with Crippen LogP contribution in [0.25, 0.3) is 5.57 Å². The monoisotopic (exact) mass is 226 g/mol. The highest BCUT2D eigenvalue weighted by Gasteiger charge is 2.18. The zero-order chi connectivity index (χ0) is 12.9. The molecule has 0 aliphatic carbocycles. The van der Waals surface area contributed by atoms with Crippen molar-refractivity contribution in [1.82, 2.24) is 0 Å². The molecule has 0 amide bonds. The minimum absolute atomic E-state index is 0.0186. The Morgan fingerprint density at radius 2 is 1.82 bits per heavy atom. The number of rotatable bonds is 2. The van der Waals surface area contributed by atoms with Crippen molar-refractivity contribution in [3.63, 3.8) is 0 Å². The lowest BCUT2D eigenvalue weighted by Crippen LogP contribution is -2.10. The molecule has 88 valence electrons. The normalized spacial score (nSPS) is 13.3. The van der Waals surface area contributed by atoms with E-state index < -0.39 is 0 Å². The van der Waals surface area contributed by atoms with Gasteiger partial charge in [0.2, 0.25) is 0 Å². The molecule has 0 aliphatic heterocycles. The number of nitriles is 1. The predicted octanol–water partition coefficient (Wildman–Crippen LogP) is 3.48. The summed E-state index contributed by atoms with van der Waals surface area (Å²) >= 11 is 0. The van der Waals surface area contributed by atoms with Crippen LogP contribution in [-0.2, 0) is 0 Å². The van der Waals surface area contributed by atoms with Crippen molar-refractivity contribution in [2.24, 2.45) is 11.1 Å². The Labute approximate surface area is 103 Å². The lowest BCUT2D eigenvalue weighted by Gasteiger charge is -2.23. The zero-order valence-corrected chi connectivity index (χ0v) is 10.6. The molecule has 0 atom stereocenters. The minimum Gasteiger partial charge on any atom is -0.398 e. The van der Waals surface area contributed by atoms with Gasteiger partial charge in [-0.05, 0) is 22.6 Å². The molecular weight excluding hydrogens is 208 g/mol. The largest absolute Gasteiger partial charge is 0.398 e. The first kappa shape index (κ1) is 13.1. The van der Waals surface area contributed by atoms with Gasteiger partial charge in [0, 0.05) is 11.8 Å². The topological polar surface area (TPSA) is 49.8 Å². The standard InChI is InChI=1S/C15H18N2/c1-15(2,3)14(11-13(17)9-10-16)12-7-5-4-6-8-12/h4-9,11H,17H2,1-3H3/b13-9+,14-11+. The number of hydrogen-bond acceptors (Lipinski definition) is 2. The van der Waals surface area contributed by atoms with Crippen molar-refractivity contribution in [2.75, 3.05) is 0 Å². The third-order valence-electron chi connectivity index (χ3n) is 2.44. The molecule has 0 unspecified atom stereocenters. The van der Waals surface area contributed by atoms with E-state index in [-0.39, 0.29) is 5.41 Å². The average molecular weight is 226 g/mol. The van der Waals surface area contributed by atoms with Gasteiger partial charge in [-0.2, -0.15) is 5.26 Å². The fourth-order valence-electron chi connectivity index (χ4n) is 1.63. The number of benzene rings is 1. The van der Waals surface area contributed by atoms with Crippen LogP contribution in [-0.4, -0.2) is 0 Å². The van der Waals surface area contributed by atoms with Crippen molar-refractivity contribution in [3.8, 4) is 6.07 Å². The molecule has 0 aromatic heterocycles. The van der Waals surface area contributed by atoms with Crippen LogP contribution in [0.5, 0.6) is 0 Å². The van der Waals surface area contributed by atoms with E-state index in [1.165, 1.54) is 6.08 Å². The fraction of sp³-hybridized carbons (Fsp3) is 0.267. The van der Waals surface area contributed by atoms with Gasteiger partial charge >= 0.3 is 0 Å². The lowest BCUT2D eigenvalue weighted by atomic mass is 9.81. The number of nitrogens with two attached hydrogens (primary N) is 1. The van der Waals surface area contributed by atoms with Gasteiger partial charge < -0.3 is 5.73 Å². The van der Waals surface area contributed by atoms with Crippen LogP contribution in [0.1, 0.15) is 26.3 Å². The minimum atomic E-state index is -0.0186. The highest BCUT2D eigenvalue weighted by molar-refractivity contribution is 5.71. The van der Waals surface area contributed by atoms with Gasteiger partial charge in [0.25, 0.3) is 0 Å². The Bertz CT molecular complexity index is 468. The van der Waals surface area contributed by atoms with Gasteiger partial charge in [-0.15, -0.1) is 0 Å². The van der Waals surface area contributed by atoms with Crippen molar-refractivity contribution in [3.05, 3.63) is 53.7 Å². The van der Waals surface area contributed by atoms with Gasteiger partial charge in [0.1, 0.15) is 0 Å². The molecule has 0 aliphatic rings. The smallest absolute Gasteiger partial charge is 0.0933 e. The maximum Gasteiger partial charge on any atom is 0.0933 e. The summed E-state index contributed by atoms with van der Waals surface area (Å²) in [5, 5.41) is 8.59. The van der Waals surface area contributed by atoms with Gasteiger partial charge in [-0.3, -0.25) is 0 Å². The average Bonchev–Trinajstić information content (AvgIpc) is 2.26. The van der Waals surface area contributed by atoms with E-state index in [4.69, 9.17) is 11.0 Å². The Morgan fingerprint density at radius 1 is 1.24 bits per heavy atom. The van der Waals surface area contributed by atoms with E-state index in [1.807, 2.05) is 30.3 Å². The van der Waals surface area contributed by atoms with Crippen LogP contribution >= 0.6 is 0 Å². The van der Waals surface area contributed by atoms with Crippen molar-refractivity contribution in [1.29, 1.82) is 5.26 Å². The maximum atomic E-state index is 8.59. The second kappa shape index (κ2) is 5.36. The van der Waals surface area contributed by atoms with Crippen LogP contribution < -0.4 is 5.73 Å². The molecule has 0 spiro atoms. The van der Waals surface area contributed by atoms with Gasteiger partial charge in [0.15, 0.2) is 0 Å². The first-order valence-electron chi connectivity index (χ1n) is 5.58. The molecule has 0 radical (unpaired) electrons. The summed E-state index contributed by atoms with van der Waals surface area (Å²) in [4.78, 5) is 0. The number of nitrogens with zero attached hydrogens (tertiary/aromatic N) is 1. The van der Waals surface area contributed by atoms with Gasteiger partial charge in [0.05, 0.1) is 6.07 Å². The maximum absolute atomic E-state index is 8.59. The van der Waals surface area contributed by atoms with E-state index in [0.29, 0.717) is 5.70 Å². The third kappa shape index (κ3) is 3.81. The summed E-state index contributed by atoms with van der Waals surface area (Å²) in [5.41, 5.74) is 8.51. The number of allylic oxidation sites excluding steroid dienone is 3. The molecule has 1 rings (SSSR count). The first-order valence-corrected chi connectivity index (χ1v) is 5.58. The molecule has 2 nitrogen and oxygen atoms in total. The molecule has 0 saturated carbocycles. The lowest BCUT2D eigenvalue weighted by molar-refractivity contribution is 0.566. The molecule has 17 heavy (non-hydrogen) atoms. The van der Waals surface area contributed by atoms with Crippen molar-refractivity contribution in [2.45, 2.75) is 20.8 Å². The predicted molar refractivity (Wildman–Crippen MR) is 71.8 cm³/mol. The highest BCUT2D eigenvalue weighted by atomic mass is 14.6. The molecule has 1 aromatic rings. The van der Waals surface area contributed by atoms with Crippen LogP contribution in [0, 0.1) is 16.7 Å². The van der Waals surface area contributed by atoms with Crippen LogP contribution in [0.2, 0.25) is 0 Å². The van der Waals surface area contributed by atoms with Crippen LogP contribution in [0.4, 0.5) is 0 Å². The van der Waals surface area contributed by atoms with E-state index in [9.17, 15) is 0 Å². The fourth-order valence-corrected chi connectivity index (χ4v) is 1.63. The quantitative estimate of drug-likeness (QED) is 0.620. The van der Waals surface area contributed by atoms with E-state index in [0.717, 1.165) is 11.1 Å². The Kier molecular flexibility index (Phi) is 4.12. The highest BCUT2D eigenvalue weighted by Crippen LogP contribution is 2.34. The summed E-state index contributed by atoms with van der Waals surface area (Å²) < 4.78 is 0. The Morgan fingerprint density at radius 3 is 2.29 bits per heavy atom. The molecule has 0 saturated heterocycles. The molecule has 1 aromatic carbocycles. The van der Waals surface area contributed by atoms with Crippen LogP contribution in [0.3, 0.4) is 0 Å². The second-order valence-corrected chi connectivity index (χ2v) is 4.95. The number of hydrogen-bond donors (Lipinski definition) is 1. The summed E-state index contributed by atoms with van der Waals surface area (Å²) in [5.74, 6) is 0. The van der Waals surface area contributed by atoms with Gasteiger partial charge in [-0.25, -0.2) is 0 Å². The second-order valence-electron chi connectivity index (χ2n) is 4.95. The molecule has 2 heteroatoms. The van der Waals surface area contributed by atoms with E-state index >= 15 is 0 Å². The summed E-state index contributed by atoms with van der Waals surface area (Å²) in [6.45, 7) is 6.39. The molecule has 0 fully saturated rings.